The van der Waals surface area contributed by atoms with Crippen molar-refractivity contribution in [3.8, 4) is 11.3 Å². The minimum Gasteiger partial charge on any atom is -0.322 e. The molecule has 0 atom stereocenters. The van der Waals surface area contributed by atoms with Crippen LogP contribution < -0.4 is 5.32 Å². The average molecular weight is 388 g/mol. The Balaban J connectivity index is 1.76. The third kappa shape index (κ3) is 3.78. The number of pyridine rings is 1. The number of aromatic nitrogens is 1. The van der Waals surface area contributed by atoms with Crippen molar-refractivity contribution in [2.75, 3.05) is 5.32 Å². The molecule has 0 aliphatic heterocycles. The first-order chi connectivity index (χ1) is 11.1. The monoisotopic (exact) mass is 386 g/mol. The fourth-order valence-corrected chi connectivity index (χ4v) is 2.51. The Kier molecular flexibility index (Phi) is 4.74. The Labute approximate surface area is 147 Å². The minimum atomic E-state index is -0.226. The van der Waals surface area contributed by atoms with Gasteiger partial charge in [0.25, 0.3) is 5.91 Å². The van der Waals surface area contributed by atoms with Crippen LogP contribution in [0.5, 0.6) is 0 Å². The van der Waals surface area contributed by atoms with E-state index in [0.29, 0.717) is 16.3 Å². The first kappa shape index (κ1) is 15.7. The second-order valence-electron chi connectivity index (χ2n) is 4.88. The summed E-state index contributed by atoms with van der Waals surface area (Å²) in [6.07, 6.45) is 1.57. The van der Waals surface area contributed by atoms with E-state index in [1.54, 1.807) is 30.5 Å². The molecular weight excluding hydrogens is 376 g/mol. The zero-order chi connectivity index (χ0) is 16.2. The van der Waals surface area contributed by atoms with Crippen LogP contribution in [0.15, 0.2) is 71.3 Å². The van der Waals surface area contributed by atoms with E-state index >= 15 is 0 Å². The molecule has 0 unspecified atom stereocenters. The molecule has 0 aliphatic rings. The second kappa shape index (κ2) is 6.94. The number of hydrogen-bond donors (Lipinski definition) is 1. The normalized spacial score (nSPS) is 10.3. The first-order valence-corrected chi connectivity index (χ1v) is 8.08. The van der Waals surface area contributed by atoms with Crippen molar-refractivity contribution in [3.63, 3.8) is 0 Å². The van der Waals surface area contributed by atoms with Crippen LogP contribution in [0.3, 0.4) is 0 Å². The zero-order valence-electron chi connectivity index (χ0n) is 12.0. The molecule has 2 aromatic carbocycles. The molecule has 0 saturated carbocycles. The van der Waals surface area contributed by atoms with Gasteiger partial charge in [-0.05, 0) is 46.3 Å². The molecule has 3 rings (SSSR count). The predicted molar refractivity (Wildman–Crippen MR) is 96.8 cm³/mol. The topological polar surface area (TPSA) is 42.0 Å². The Morgan fingerprint density at radius 1 is 1.04 bits per heavy atom. The molecular formula is C18H12BrClN2O. The van der Waals surface area contributed by atoms with E-state index in [2.05, 4.69) is 26.2 Å². The maximum Gasteiger partial charge on any atom is 0.257 e. The highest BCUT2D eigenvalue weighted by Gasteiger charge is 2.08. The number of hydrogen-bond acceptors (Lipinski definition) is 2. The highest BCUT2D eigenvalue weighted by Crippen LogP contribution is 2.25. The number of nitrogens with one attached hydrogen (secondary N) is 1. The van der Waals surface area contributed by atoms with Gasteiger partial charge in [0.1, 0.15) is 0 Å². The zero-order valence-corrected chi connectivity index (χ0v) is 14.3. The van der Waals surface area contributed by atoms with Crippen LogP contribution in [0, 0.1) is 0 Å². The van der Waals surface area contributed by atoms with Crippen LogP contribution in [-0.4, -0.2) is 10.9 Å². The molecule has 3 nitrogen and oxygen atoms in total. The third-order valence-electron chi connectivity index (χ3n) is 3.27. The lowest BCUT2D eigenvalue weighted by atomic mass is 10.1. The molecule has 0 saturated heterocycles. The van der Waals surface area contributed by atoms with Gasteiger partial charge in [0.2, 0.25) is 0 Å². The molecule has 1 amide bonds. The number of benzene rings is 2. The summed E-state index contributed by atoms with van der Waals surface area (Å²) >= 11 is 9.34. The van der Waals surface area contributed by atoms with Crippen molar-refractivity contribution >= 4 is 39.1 Å². The predicted octanol–water partition coefficient (Wildman–Crippen LogP) is 5.42. The summed E-state index contributed by atoms with van der Waals surface area (Å²) in [5.74, 6) is -0.226. The first-order valence-electron chi connectivity index (χ1n) is 6.91. The third-order valence-corrected chi connectivity index (χ3v) is 4.51. The SMILES string of the molecule is O=C(Nc1ccc(Br)c(Cl)c1)c1ccc(-c2ccccc2)nc1. The minimum absolute atomic E-state index is 0.226. The number of halogens is 2. The Hall–Kier alpha value is -2.17. The van der Waals surface area contributed by atoms with Gasteiger partial charge in [-0.1, -0.05) is 41.9 Å². The molecule has 0 radical (unpaired) electrons. The van der Waals surface area contributed by atoms with E-state index < -0.39 is 0 Å². The summed E-state index contributed by atoms with van der Waals surface area (Å²) in [4.78, 5) is 16.6. The van der Waals surface area contributed by atoms with Gasteiger partial charge < -0.3 is 5.32 Å². The Morgan fingerprint density at radius 2 is 1.83 bits per heavy atom. The van der Waals surface area contributed by atoms with Gasteiger partial charge in [0.05, 0.1) is 16.3 Å². The maximum atomic E-state index is 12.3. The summed E-state index contributed by atoms with van der Waals surface area (Å²) in [5, 5.41) is 3.34. The van der Waals surface area contributed by atoms with Crippen molar-refractivity contribution in [2.24, 2.45) is 0 Å². The number of nitrogens with zero attached hydrogens (tertiary/aromatic N) is 1. The van der Waals surface area contributed by atoms with Crippen LogP contribution in [-0.2, 0) is 0 Å². The van der Waals surface area contributed by atoms with E-state index in [1.807, 2.05) is 36.4 Å². The molecule has 0 spiro atoms. The lowest BCUT2D eigenvalue weighted by molar-refractivity contribution is 0.102. The number of carbonyl (C=O) groups is 1. The van der Waals surface area contributed by atoms with E-state index in [-0.39, 0.29) is 5.91 Å². The standard InChI is InChI=1S/C18H12BrClN2O/c19-15-8-7-14(10-16(15)20)22-18(23)13-6-9-17(21-11-13)12-4-2-1-3-5-12/h1-11H,(H,22,23). The summed E-state index contributed by atoms with van der Waals surface area (Å²) in [7, 11) is 0. The molecule has 3 aromatic rings. The lowest BCUT2D eigenvalue weighted by Crippen LogP contribution is -2.12. The molecule has 114 valence electrons. The summed E-state index contributed by atoms with van der Waals surface area (Å²) in [6, 6.07) is 18.7. The summed E-state index contributed by atoms with van der Waals surface area (Å²) in [6.45, 7) is 0. The summed E-state index contributed by atoms with van der Waals surface area (Å²) < 4.78 is 0.783. The molecule has 0 aliphatic carbocycles. The van der Waals surface area contributed by atoms with E-state index in [0.717, 1.165) is 15.7 Å². The fraction of sp³-hybridized carbons (Fsp3) is 0. The molecule has 23 heavy (non-hydrogen) atoms. The van der Waals surface area contributed by atoms with Crippen molar-refractivity contribution < 1.29 is 4.79 Å². The van der Waals surface area contributed by atoms with Crippen molar-refractivity contribution in [1.29, 1.82) is 0 Å². The fourth-order valence-electron chi connectivity index (χ4n) is 2.09. The number of anilines is 1. The highest BCUT2D eigenvalue weighted by atomic mass is 79.9. The van der Waals surface area contributed by atoms with Gasteiger partial charge in [-0.25, -0.2) is 0 Å². The van der Waals surface area contributed by atoms with Gasteiger partial charge in [0, 0.05) is 21.9 Å². The Morgan fingerprint density at radius 3 is 2.48 bits per heavy atom. The quantitative estimate of drug-likeness (QED) is 0.652. The van der Waals surface area contributed by atoms with E-state index in [4.69, 9.17) is 11.6 Å². The van der Waals surface area contributed by atoms with Gasteiger partial charge >= 0.3 is 0 Å². The van der Waals surface area contributed by atoms with Crippen LogP contribution in [0.25, 0.3) is 11.3 Å². The van der Waals surface area contributed by atoms with Crippen molar-refractivity contribution in [3.05, 3.63) is 81.9 Å². The molecule has 0 fully saturated rings. The smallest absolute Gasteiger partial charge is 0.257 e. The molecule has 1 N–H and O–H groups in total. The lowest BCUT2D eigenvalue weighted by Gasteiger charge is -2.07. The molecule has 1 aromatic heterocycles. The highest BCUT2D eigenvalue weighted by molar-refractivity contribution is 9.10. The van der Waals surface area contributed by atoms with Gasteiger partial charge in [0.15, 0.2) is 0 Å². The van der Waals surface area contributed by atoms with Gasteiger partial charge in [-0.2, -0.15) is 0 Å². The van der Waals surface area contributed by atoms with E-state index in [9.17, 15) is 4.79 Å². The largest absolute Gasteiger partial charge is 0.322 e. The van der Waals surface area contributed by atoms with Crippen LogP contribution in [0.1, 0.15) is 10.4 Å². The maximum absolute atomic E-state index is 12.3. The Bertz CT molecular complexity index is 835. The average Bonchev–Trinajstić information content (AvgIpc) is 2.59. The van der Waals surface area contributed by atoms with Crippen LogP contribution in [0.2, 0.25) is 5.02 Å². The molecule has 5 heteroatoms. The number of rotatable bonds is 3. The van der Waals surface area contributed by atoms with E-state index in [1.165, 1.54) is 0 Å². The van der Waals surface area contributed by atoms with Crippen LogP contribution >= 0.6 is 27.5 Å². The molecule has 0 bridgehead atoms. The number of carbonyl (C=O) groups excluding carboxylic acids is 1. The number of amides is 1. The summed E-state index contributed by atoms with van der Waals surface area (Å²) in [5.41, 5.74) is 2.96. The van der Waals surface area contributed by atoms with Crippen LogP contribution in [0.4, 0.5) is 5.69 Å². The van der Waals surface area contributed by atoms with Crippen molar-refractivity contribution in [2.45, 2.75) is 0 Å². The van der Waals surface area contributed by atoms with Gasteiger partial charge in [-0.15, -0.1) is 0 Å². The van der Waals surface area contributed by atoms with Crippen molar-refractivity contribution in [1.82, 2.24) is 4.98 Å². The second-order valence-corrected chi connectivity index (χ2v) is 6.14. The molecule has 1 heterocycles. The van der Waals surface area contributed by atoms with Gasteiger partial charge in [-0.3, -0.25) is 9.78 Å².